The highest BCUT2D eigenvalue weighted by atomic mass is 32.1. The quantitative estimate of drug-likeness (QED) is 0.890. The third kappa shape index (κ3) is 2.98. The Bertz CT molecular complexity index is 726. The summed E-state index contributed by atoms with van der Waals surface area (Å²) in [4.78, 5) is 24.7. The summed E-state index contributed by atoms with van der Waals surface area (Å²) < 4.78 is 0. The number of aliphatic hydroxyl groups is 1. The van der Waals surface area contributed by atoms with E-state index in [1.54, 1.807) is 17.7 Å². The SMILES string of the molecule is O=C(NC1CCC(O)CC1)C1CCCN1c1ncnc2sccc12. The number of anilines is 1. The lowest BCUT2D eigenvalue weighted by molar-refractivity contribution is -0.123. The highest BCUT2D eigenvalue weighted by Crippen LogP contribution is 2.32. The number of rotatable bonds is 3. The van der Waals surface area contributed by atoms with Gasteiger partial charge in [-0.15, -0.1) is 11.3 Å². The summed E-state index contributed by atoms with van der Waals surface area (Å²) in [5.41, 5.74) is 0. The average Bonchev–Trinajstić information content (AvgIpc) is 3.25. The Kier molecular flexibility index (Phi) is 4.37. The smallest absolute Gasteiger partial charge is 0.242 e. The van der Waals surface area contributed by atoms with Gasteiger partial charge in [0.2, 0.25) is 5.91 Å². The van der Waals surface area contributed by atoms with E-state index >= 15 is 0 Å². The molecule has 0 bridgehead atoms. The Hall–Kier alpha value is -1.73. The molecule has 2 aromatic heterocycles. The molecule has 128 valence electrons. The van der Waals surface area contributed by atoms with E-state index in [9.17, 15) is 9.90 Å². The Morgan fingerprint density at radius 2 is 2.08 bits per heavy atom. The maximum Gasteiger partial charge on any atom is 0.242 e. The van der Waals surface area contributed by atoms with Gasteiger partial charge in [-0.2, -0.15) is 0 Å². The van der Waals surface area contributed by atoms with E-state index in [0.717, 1.165) is 61.1 Å². The lowest BCUT2D eigenvalue weighted by atomic mass is 9.93. The van der Waals surface area contributed by atoms with E-state index in [2.05, 4.69) is 20.2 Å². The molecule has 1 saturated heterocycles. The van der Waals surface area contributed by atoms with Crippen LogP contribution in [-0.2, 0) is 4.79 Å². The largest absolute Gasteiger partial charge is 0.393 e. The Morgan fingerprint density at radius 3 is 2.92 bits per heavy atom. The van der Waals surface area contributed by atoms with Crippen molar-refractivity contribution in [1.29, 1.82) is 0 Å². The lowest BCUT2D eigenvalue weighted by Crippen LogP contribution is -2.48. The molecule has 2 aliphatic rings. The van der Waals surface area contributed by atoms with Crippen LogP contribution in [0.15, 0.2) is 17.8 Å². The van der Waals surface area contributed by atoms with Crippen molar-refractivity contribution in [3.63, 3.8) is 0 Å². The van der Waals surface area contributed by atoms with Gasteiger partial charge in [-0.05, 0) is 50.0 Å². The van der Waals surface area contributed by atoms with Crippen LogP contribution in [-0.4, -0.2) is 45.7 Å². The summed E-state index contributed by atoms with van der Waals surface area (Å²) in [6.45, 7) is 0.851. The van der Waals surface area contributed by atoms with Crippen molar-refractivity contribution in [3.8, 4) is 0 Å². The highest BCUT2D eigenvalue weighted by molar-refractivity contribution is 7.16. The topological polar surface area (TPSA) is 78.4 Å². The summed E-state index contributed by atoms with van der Waals surface area (Å²) in [5.74, 6) is 0.967. The van der Waals surface area contributed by atoms with Gasteiger partial charge in [-0.25, -0.2) is 9.97 Å². The summed E-state index contributed by atoms with van der Waals surface area (Å²) in [6.07, 6.45) is 6.53. The molecule has 0 aromatic carbocycles. The van der Waals surface area contributed by atoms with Crippen LogP contribution in [0.1, 0.15) is 38.5 Å². The number of carbonyl (C=O) groups is 1. The van der Waals surface area contributed by atoms with Crippen LogP contribution in [0, 0.1) is 0 Å². The first-order chi connectivity index (χ1) is 11.7. The van der Waals surface area contributed by atoms with Crippen LogP contribution in [0.4, 0.5) is 5.82 Å². The van der Waals surface area contributed by atoms with Crippen LogP contribution >= 0.6 is 11.3 Å². The van der Waals surface area contributed by atoms with Crippen LogP contribution in [0.2, 0.25) is 0 Å². The van der Waals surface area contributed by atoms with Crippen LogP contribution in [0.25, 0.3) is 10.2 Å². The lowest BCUT2D eigenvalue weighted by Gasteiger charge is -2.30. The van der Waals surface area contributed by atoms with Gasteiger partial charge in [0.05, 0.1) is 11.5 Å². The molecule has 0 radical (unpaired) electrons. The standard InChI is InChI=1S/C17H22N4O2S/c22-12-5-3-11(4-6-12)20-16(23)14-2-1-8-21(14)15-13-7-9-24-17(13)19-10-18-15/h7,9-12,14,22H,1-6,8H2,(H,20,23). The first-order valence-electron chi connectivity index (χ1n) is 8.65. The molecule has 4 rings (SSSR count). The Balaban J connectivity index is 1.50. The highest BCUT2D eigenvalue weighted by Gasteiger charge is 2.34. The van der Waals surface area contributed by atoms with Gasteiger partial charge in [0.1, 0.15) is 23.0 Å². The van der Waals surface area contributed by atoms with Crippen molar-refractivity contribution >= 4 is 33.3 Å². The number of nitrogens with one attached hydrogen (secondary N) is 1. The van der Waals surface area contributed by atoms with Crippen LogP contribution < -0.4 is 10.2 Å². The van der Waals surface area contributed by atoms with Gasteiger partial charge < -0.3 is 15.3 Å². The zero-order chi connectivity index (χ0) is 16.5. The third-order valence-corrected chi connectivity index (χ3v) is 5.93. The molecule has 1 unspecified atom stereocenters. The van der Waals surface area contributed by atoms with Gasteiger partial charge in [0.15, 0.2) is 0 Å². The molecule has 1 aliphatic heterocycles. The minimum atomic E-state index is -0.200. The summed E-state index contributed by atoms with van der Waals surface area (Å²) in [6, 6.07) is 2.07. The van der Waals surface area contributed by atoms with E-state index in [0.29, 0.717) is 0 Å². The minimum absolute atomic E-state index is 0.0934. The molecular formula is C17H22N4O2S. The third-order valence-electron chi connectivity index (χ3n) is 5.11. The minimum Gasteiger partial charge on any atom is -0.393 e. The molecule has 6 nitrogen and oxygen atoms in total. The molecule has 2 N–H and O–H groups in total. The number of hydrogen-bond donors (Lipinski definition) is 2. The zero-order valence-electron chi connectivity index (χ0n) is 13.5. The summed E-state index contributed by atoms with van der Waals surface area (Å²) in [5, 5.41) is 15.8. The maximum absolute atomic E-state index is 12.8. The fraction of sp³-hybridized carbons (Fsp3) is 0.588. The van der Waals surface area contributed by atoms with E-state index in [1.165, 1.54) is 0 Å². The first-order valence-corrected chi connectivity index (χ1v) is 9.53. The number of aliphatic hydroxyl groups excluding tert-OH is 1. The monoisotopic (exact) mass is 346 g/mol. The van der Waals surface area contributed by atoms with Crippen molar-refractivity contribution in [1.82, 2.24) is 15.3 Å². The fourth-order valence-corrected chi connectivity index (χ4v) is 4.54. The van der Waals surface area contributed by atoms with E-state index in [4.69, 9.17) is 0 Å². The summed E-state index contributed by atoms with van der Waals surface area (Å²) in [7, 11) is 0. The van der Waals surface area contributed by atoms with Gasteiger partial charge >= 0.3 is 0 Å². The van der Waals surface area contributed by atoms with Crippen molar-refractivity contribution in [3.05, 3.63) is 17.8 Å². The number of fused-ring (bicyclic) bond motifs is 1. The van der Waals surface area contributed by atoms with Crippen molar-refractivity contribution in [2.75, 3.05) is 11.4 Å². The van der Waals surface area contributed by atoms with Crippen molar-refractivity contribution in [2.24, 2.45) is 0 Å². The number of amides is 1. The molecule has 7 heteroatoms. The zero-order valence-corrected chi connectivity index (χ0v) is 14.3. The first kappa shape index (κ1) is 15.8. The number of aromatic nitrogens is 2. The summed E-state index contributed by atoms with van der Waals surface area (Å²) >= 11 is 1.60. The van der Waals surface area contributed by atoms with Gasteiger partial charge in [-0.3, -0.25) is 4.79 Å². The van der Waals surface area contributed by atoms with Gasteiger partial charge in [0.25, 0.3) is 0 Å². The molecule has 1 atom stereocenters. The van der Waals surface area contributed by atoms with Crippen molar-refractivity contribution < 1.29 is 9.90 Å². The number of carbonyl (C=O) groups excluding carboxylic acids is 1. The second kappa shape index (κ2) is 6.64. The second-order valence-corrected chi connectivity index (χ2v) is 7.60. The fourth-order valence-electron chi connectivity index (χ4n) is 3.82. The van der Waals surface area contributed by atoms with Crippen LogP contribution in [0.5, 0.6) is 0 Å². The molecule has 1 amide bonds. The molecule has 1 aliphatic carbocycles. The molecule has 2 fully saturated rings. The molecule has 2 aromatic rings. The Morgan fingerprint density at radius 1 is 1.25 bits per heavy atom. The molecule has 0 spiro atoms. The predicted molar refractivity (Wildman–Crippen MR) is 94.2 cm³/mol. The number of thiophene rings is 1. The van der Waals surface area contributed by atoms with E-state index < -0.39 is 0 Å². The molecule has 3 heterocycles. The normalized spacial score (nSPS) is 27.5. The van der Waals surface area contributed by atoms with Gasteiger partial charge in [-0.1, -0.05) is 0 Å². The van der Waals surface area contributed by atoms with E-state index in [1.807, 2.05) is 11.4 Å². The number of hydrogen-bond acceptors (Lipinski definition) is 6. The van der Waals surface area contributed by atoms with Crippen LogP contribution in [0.3, 0.4) is 0 Å². The van der Waals surface area contributed by atoms with Gasteiger partial charge in [0, 0.05) is 12.6 Å². The molecule has 24 heavy (non-hydrogen) atoms. The maximum atomic E-state index is 12.8. The molecular weight excluding hydrogens is 324 g/mol. The predicted octanol–water partition coefficient (Wildman–Crippen LogP) is 2.08. The average molecular weight is 346 g/mol. The molecule has 1 saturated carbocycles. The Labute approximate surface area is 144 Å². The second-order valence-electron chi connectivity index (χ2n) is 6.70. The number of nitrogens with zero attached hydrogens (tertiary/aromatic N) is 3. The van der Waals surface area contributed by atoms with E-state index in [-0.39, 0.29) is 24.1 Å². The van der Waals surface area contributed by atoms with Crippen molar-refractivity contribution in [2.45, 2.75) is 56.7 Å².